The average Bonchev–Trinajstić information content (AvgIpc) is 2.64. The number of phosphoric acid groups is 2. The van der Waals surface area contributed by atoms with E-state index in [1.807, 2.05) is 0 Å². The second-order valence-electron chi connectivity index (χ2n) is 26.7. The molecular weight excluding hydrogens is 1200 g/mol. The van der Waals surface area contributed by atoms with E-state index in [-0.39, 0.29) is 25.7 Å². The molecule has 17 nitrogen and oxygen atoms in total. The summed E-state index contributed by atoms with van der Waals surface area (Å²) in [5.74, 6) is -0.542. The van der Waals surface area contributed by atoms with Crippen molar-refractivity contribution in [3.63, 3.8) is 0 Å². The number of aliphatic hydroxyl groups excluding tert-OH is 1. The summed E-state index contributed by atoms with van der Waals surface area (Å²) in [6, 6.07) is 0. The molecule has 0 aromatic carbocycles. The molecule has 540 valence electrons. The number of unbranched alkanes of at least 4 members (excludes halogenated alkanes) is 40. The standard InChI is InChI=1S/C72H140O17P2/c1-7-10-12-14-16-17-18-19-23-26-31-37-43-49-55-70(75)83-61-68(89-71(76)56-50-44-38-32-27-24-21-20-22-25-30-36-41-47-53-65(6)9-3)63-87-91(80,81)85-59-66(73)58-84-90(78,79)86-62-67(60-82-69(74)54-48-42-34-15-13-11-8-2)88-72(77)57-51-45-39-33-28-29-35-40-46-52-64(4)5/h64-68,73H,7-63H2,1-6H3,(H,78,79)(H,80,81)/t65?,66-,67+,68+/m0/s1. The minimum absolute atomic E-state index is 0.105. The van der Waals surface area contributed by atoms with Gasteiger partial charge in [-0.15, -0.1) is 0 Å². The van der Waals surface area contributed by atoms with E-state index in [9.17, 15) is 43.2 Å². The van der Waals surface area contributed by atoms with Crippen LogP contribution >= 0.6 is 15.6 Å². The minimum Gasteiger partial charge on any atom is -0.462 e. The third-order valence-corrected chi connectivity index (χ3v) is 19.0. The lowest BCUT2D eigenvalue weighted by atomic mass is 9.99. The van der Waals surface area contributed by atoms with E-state index >= 15 is 0 Å². The maximum absolute atomic E-state index is 13.0. The van der Waals surface area contributed by atoms with Gasteiger partial charge in [0.05, 0.1) is 26.4 Å². The molecule has 0 fully saturated rings. The Morgan fingerprint density at radius 3 is 0.835 bits per heavy atom. The van der Waals surface area contributed by atoms with E-state index in [0.29, 0.717) is 25.7 Å². The van der Waals surface area contributed by atoms with Gasteiger partial charge in [0.25, 0.3) is 0 Å². The number of ether oxygens (including phenoxy) is 4. The highest BCUT2D eigenvalue weighted by Gasteiger charge is 2.30. The first-order valence-corrected chi connectivity index (χ1v) is 40.5. The van der Waals surface area contributed by atoms with Crippen LogP contribution in [0.2, 0.25) is 0 Å². The topological polar surface area (TPSA) is 237 Å². The second-order valence-corrected chi connectivity index (χ2v) is 29.6. The second kappa shape index (κ2) is 64.1. The predicted molar refractivity (Wildman–Crippen MR) is 368 cm³/mol. The highest BCUT2D eigenvalue weighted by atomic mass is 31.2. The summed E-state index contributed by atoms with van der Waals surface area (Å²) in [4.78, 5) is 72.5. The lowest BCUT2D eigenvalue weighted by Gasteiger charge is -2.21. The van der Waals surface area contributed by atoms with Crippen molar-refractivity contribution in [2.75, 3.05) is 39.6 Å². The van der Waals surface area contributed by atoms with Gasteiger partial charge in [-0.1, -0.05) is 318 Å². The Kier molecular flexibility index (Phi) is 62.7. The predicted octanol–water partition coefficient (Wildman–Crippen LogP) is 20.8. The van der Waals surface area contributed by atoms with Crippen LogP contribution in [0.3, 0.4) is 0 Å². The summed E-state index contributed by atoms with van der Waals surface area (Å²) in [5.41, 5.74) is 0. The van der Waals surface area contributed by atoms with Crippen molar-refractivity contribution in [1.29, 1.82) is 0 Å². The van der Waals surface area contributed by atoms with Crippen molar-refractivity contribution in [3.8, 4) is 0 Å². The molecule has 0 spiro atoms. The Morgan fingerprint density at radius 1 is 0.319 bits per heavy atom. The molecule has 0 saturated heterocycles. The first-order valence-electron chi connectivity index (χ1n) is 37.5. The normalized spacial score (nSPS) is 14.4. The van der Waals surface area contributed by atoms with Crippen LogP contribution in [-0.2, 0) is 65.4 Å². The Bertz CT molecular complexity index is 1770. The van der Waals surface area contributed by atoms with Gasteiger partial charge in [-0.3, -0.25) is 37.3 Å². The largest absolute Gasteiger partial charge is 0.472 e. The molecule has 0 aliphatic rings. The molecule has 0 rings (SSSR count). The van der Waals surface area contributed by atoms with Gasteiger partial charge in [-0.05, 0) is 37.5 Å². The van der Waals surface area contributed by atoms with Crippen molar-refractivity contribution in [1.82, 2.24) is 0 Å². The maximum atomic E-state index is 13.0. The summed E-state index contributed by atoms with van der Waals surface area (Å²) in [6.07, 6.45) is 50.0. The fourth-order valence-electron chi connectivity index (χ4n) is 10.9. The average molecular weight is 1340 g/mol. The van der Waals surface area contributed by atoms with Crippen LogP contribution in [0.4, 0.5) is 0 Å². The quantitative estimate of drug-likeness (QED) is 0.0222. The lowest BCUT2D eigenvalue weighted by molar-refractivity contribution is -0.161. The summed E-state index contributed by atoms with van der Waals surface area (Å²) in [5, 5.41) is 10.6. The monoisotopic (exact) mass is 1340 g/mol. The van der Waals surface area contributed by atoms with Crippen molar-refractivity contribution in [2.24, 2.45) is 11.8 Å². The molecular formula is C72H140O17P2. The SMILES string of the molecule is CCCCCCCCCCCCCCCCC(=O)OC[C@H](COP(=O)(O)OC[C@@H](O)COP(=O)(O)OC[C@@H](COC(=O)CCCCCCCCC)OC(=O)CCCCCCCCCCCC(C)C)OC(=O)CCCCCCCCCCCCCCCCC(C)CC. The molecule has 0 amide bonds. The zero-order valence-electron chi connectivity index (χ0n) is 59.1. The summed E-state index contributed by atoms with van der Waals surface area (Å²) < 4.78 is 68.3. The Labute approximate surface area is 556 Å². The van der Waals surface area contributed by atoms with Gasteiger partial charge in [-0.2, -0.15) is 0 Å². The smallest absolute Gasteiger partial charge is 0.462 e. The molecule has 0 heterocycles. The Hall–Kier alpha value is -1.94. The Balaban J connectivity index is 5.20. The maximum Gasteiger partial charge on any atom is 0.472 e. The molecule has 3 unspecified atom stereocenters. The molecule has 0 aromatic rings. The summed E-state index contributed by atoms with van der Waals surface area (Å²) >= 11 is 0. The summed E-state index contributed by atoms with van der Waals surface area (Å²) in [6.45, 7) is 9.56. The number of carbonyl (C=O) groups is 4. The van der Waals surface area contributed by atoms with E-state index in [1.165, 1.54) is 173 Å². The molecule has 3 N–H and O–H groups in total. The van der Waals surface area contributed by atoms with Crippen molar-refractivity contribution < 1.29 is 80.2 Å². The van der Waals surface area contributed by atoms with Gasteiger partial charge < -0.3 is 33.8 Å². The van der Waals surface area contributed by atoms with E-state index < -0.39 is 97.5 Å². The molecule has 91 heavy (non-hydrogen) atoms. The zero-order valence-corrected chi connectivity index (χ0v) is 60.9. The molecule has 0 aliphatic heterocycles. The van der Waals surface area contributed by atoms with Crippen molar-refractivity contribution >= 4 is 39.5 Å². The lowest BCUT2D eigenvalue weighted by Crippen LogP contribution is -2.30. The zero-order chi connectivity index (χ0) is 67.2. The van der Waals surface area contributed by atoms with Gasteiger partial charge >= 0.3 is 39.5 Å². The third kappa shape index (κ3) is 65.1. The number of esters is 4. The first kappa shape index (κ1) is 89.1. The van der Waals surface area contributed by atoms with Gasteiger partial charge in [0, 0.05) is 25.7 Å². The minimum atomic E-state index is -4.95. The van der Waals surface area contributed by atoms with E-state index in [2.05, 4.69) is 41.5 Å². The van der Waals surface area contributed by atoms with E-state index in [1.54, 1.807) is 0 Å². The third-order valence-electron chi connectivity index (χ3n) is 17.1. The van der Waals surface area contributed by atoms with Crippen LogP contribution < -0.4 is 0 Å². The van der Waals surface area contributed by atoms with Crippen LogP contribution in [0.25, 0.3) is 0 Å². The number of carbonyl (C=O) groups excluding carboxylic acids is 4. The molecule has 0 aliphatic carbocycles. The van der Waals surface area contributed by atoms with Crippen molar-refractivity contribution in [3.05, 3.63) is 0 Å². The number of phosphoric ester groups is 2. The van der Waals surface area contributed by atoms with Gasteiger partial charge in [0.2, 0.25) is 0 Å². The van der Waals surface area contributed by atoms with Crippen LogP contribution in [0.5, 0.6) is 0 Å². The molecule has 19 heteroatoms. The first-order chi connectivity index (χ1) is 43.9. The fraction of sp³-hybridized carbons (Fsp3) is 0.944. The highest BCUT2D eigenvalue weighted by molar-refractivity contribution is 7.47. The van der Waals surface area contributed by atoms with E-state index in [4.69, 9.17) is 37.0 Å². The van der Waals surface area contributed by atoms with Crippen LogP contribution in [0, 0.1) is 11.8 Å². The summed E-state index contributed by atoms with van der Waals surface area (Å²) in [7, 11) is -9.90. The molecule has 0 saturated carbocycles. The molecule has 6 atom stereocenters. The van der Waals surface area contributed by atoms with Gasteiger partial charge in [-0.25, -0.2) is 9.13 Å². The van der Waals surface area contributed by atoms with Gasteiger partial charge in [0.1, 0.15) is 19.3 Å². The number of hydrogen-bond acceptors (Lipinski definition) is 15. The molecule has 0 bridgehead atoms. The van der Waals surface area contributed by atoms with Crippen LogP contribution in [-0.4, -0.2) is 96.7 Å². The highest BCUT2D eigenvalue weighted by Crippen LogP contribution is 2.45. The van der Waals surface area contributed by atoms with Crippen LogP contribution in [0.1, 0.15) is 369 Å². The molecule has 0 aromatic heterocycles. The van der Waals surface area contributed by atoms with Crippen molar-refractivity contribution in [2.45, 2.75) is 387 Å². The Morgan fingerprint density at radius 2 is 0.560 bits per heavy atom. The van der Waals surface area contributed by atoms with E-state index in [0.717, 1.165) is 115 Å². The van der Waals surface area contributed by atoms with Gasteiger partial charge in [0.15, 0.2) is 12.2 Å². The van der Waals surface area contributed by atoms with Crippen LogP contribution in [0.15, 0.2) is 0 Å². The number of rotatable bonds is 71. The fourth-order valence-corrected chi connectivity index (χ4v) is 12.5. The number of hydrogen-bond donors (Lipinski definition) is 3. The molecule has 0 radical (unpaired) electrons. The number of aliphatic hydroxyl groups is 1.